The van der Waals surface area contributed by atoms with Crippen LogP contribution in [-0.4, -0.2) is 152 Å². The molecule has 24 heteroatoms. The second kappa shape index (κ2) is 33.3. The molecule has 0 saturated heterocycles. The minimum absolute atomic E-state index is 0.0163. The average Bonchev–Trinajstić information content (AvgIpc) is 3.15. The summed E-state index contributed by atoms with van der Waals surface area (Å²) in [6, 6.07) is 0. The first-order valence-corrected chi connectivity index (χ1v) is 27.8. The molecule has 0 aliphatic carbocycles. The third-order valence-electron chi connectivity index (χ3n) is 8.55. The van der Waals surface area contributed by atoms with Gasteiger partial charge in [-0.2, -0.15) is 0 Å². The minimum Gasteiger partial charge on any atom is -0.465 e. The van der Waals surface area contributed by atoms with E-state index in [4.69, 9.17) is 19.4 Å². The maximum Gasteiger partial charge on any atom is 0.327 e. The van der Waals surface area contributed by atoms with Gasteiger partial charge in [0.25, 0.3) is 0 Å². The Morgan fingerprint density at radius 1 is 0.613 bits per heavy atom. The van der Waals surface area contributed by atoms with Gasteiger partial charge < -0.3 is 28.9 Å². The van der Waals surface area contributed by atoms with Crippen molar-refractivity contribution < 1.29 is 81.8 Å². The van der Waals surface area contributed by atoms with Gasteiger partial charge in [0.2, 0.25) is 0 Å². The van der Waals surface area contributed by atoms with Crippen LogP contribution in [0.15, 0.2) is 30.5 Å². The molecular weight excluding hydrogens is 967 g/mol. The Hall–Kier alpha value is -3.22. The first-order chi connectivity index (χ1) is 28.2. The number of aldehydes is 1. The molecule has 0 heterocycles. The summed E-state index contributed by atoms with van der Waals surface area (Å²) in [6.45, 7) is 19.4. The van der Waals surface area contributed by atoms with E-state index in [2.05, 4.69) is 39.0 Å². The van der Waals surface area contributed by atoms with Gasteiger partial charge in [-0.25, -0.2) is 33.7 Å². The van der Waals surface area contributed by atoms with Crippen molar-refractivity contribution in [3.63, 3.8) is 0 Å². The molecule has 0 aliphatic heterocycles. The van der Waals surface area contributed by atoms with Crippen molar-refractivity contribution in [2.75, 3.05) is 56.8 Å². The Kier molecular flexibility index (Phi) is 36.5. The first-order valence-electron chi connectivity index (χ1n) is 19.0. The average molecular weight is 1040 g/mol. The second-order valence-electron chi connectivity index (χ2n) is 13.5. The van der Waals surface area contributed by atoms with Crippen LogP contribution >= 0.6 is 15.9 Å². The predicted molar refractivity (Wildman–Crippen MR) is 243 cm³/mol. The number of ether oxygens (including phenoxy) is 4. The molecule has 1 N–H and O–H groups in total. The predicted octanol–water partition coefficient (Wildman–Crippen LogP) is 4.18. The van der Waals surface area contributed by atoms with Crippen molar-refractivity contribution in [1.82, 2.24) is 0 Å². The zero-order valence-corrected chi connectivity index (χ0v) is 43.0. The van der Waals surface area contributed by atoms with Crippen LogP contribution < -0.4 is 0 Å². The Morgan fingerprint density at radius 2 is 0.919 bits per heavy atom. The van der Waals surface area contributed by atoms with Gasteiger partial charge in [-0.1, -0.05) is 28.1 Å². The Labute approximate surface area is 378 Å². The fraction of sp³-hybridized carbons (Fsp3) is 0.737. The van der Waals surface area contributed by atoms with E-state index in [0.717, 1.165) is 43.0 Å². The summed E-state index contributed by atoms with van der Waals surface area (Å²) in [6.07, 6.45) is 11.1. The highest BCUT2D eigenvalue weighted by Crippen LogP contribution is 2.26. The molecule has 19 nitrogen and oxygen atoms in total. The van der Waals surface area contributed by atoms with Crippen molar-refractivity contribution in [2.45, 2.75) is 120 Å². The monoisotopic (exact) mass is 1040 g/mol. The number of halogens is 1. The number of carbonyl (C=O) groups is 5. The molecule has 366 valence electrons. The normalized spacial score (nSPS) is 14.7. The minimum atomic E-state index is -3.59. The number of carbonyl (C=O) groups excluding carboxylic acids is 5. The molecule has 0 bridgehead atoms. The molecule has 0 saturated carbocycles. The van der Waals surface area contributed by atoms with E-state index >= 15 is 0 Å². The van der Waals surface area contributed by atoms with Crippen LogP contribution in [0.5, 0.6) is 0 Å². The number of allylic oxidation sites excluding steroid dienone is 2. The van der Waals surface area contributed by atoms with Crippen molar-refractivity contribution in [1.29, 1.82) is 0 Å². The molecule has 0 aromatic heterocycles. The Morgan fingerprint density at radius 3 is 1.13 bits per heavy atom. The Bertz CT molecular complexity index is 1800. The van der Waals surface area contributed by atoms with Crippen LogP contribution in [0.2, 0.25) is 0 Å². The zero-order chi connectivity index (χ0) is 50.2. The van der Waals surface area contributed by atoms with Gasteiger partial charge >= 0.3 is 23.9 Å². The summed E-state index contributed by atoms with van der Waals surface area (Å²) in [7, 11) is -14.0. The summed E-state index contributed by atoms with van der Waals surface area (Å²) in [5.41, 5.74) is 0. The highest BCUT2D eigenvalue weighted by atomic mass is 79.9. The SMILES string of the molecule is C=CCCBr.C=CCCC(C)(C(=O)OCC)S(C)(=O)=O.CCOC(=O)C(C)(CC/C=N/O)S(C)(=O)=O.CCOC(=O)C(C)(CCC=O)S(C)(=O)=O.CCOC(=O)C(C)S(C)(=O)=O. The summed E-state index contributed by atoms with van der Waals surface area (Å²) in [5.74, 6) is -2.94. The van der Waals surface area contributed by atoms with E-state index in [9.17, 15) is 57.6 Å². The number of hydrogen-bond donors (Lipinski definition) is 1. The van der Waals surface area contributed by atoms with Gasteiger partial charge in [-0.05, 0) is 93.9 Å². The fourth-order valence-electron chi connectivity index (χ4n) is 3.79. The van der Waals surface area contributed by atoms with Crippen molar-refractivity contribution in [3.8, 4) is 0 Å². The second-order valence-corrected chi connectivity index (χ2v) is 24.0. The molecule has 0 rings (SSSR count). The van der Waals surface area contributed by atoms with Crippen molar-refractivity contribution in [2.24, 2.45) is 5.16 Å². The lowest BCUT2D eigenvalue weighted by Gasteiger charge is -2.24. The number of sulfone groups is 4. The molecule has 62 heavy (non-hydrogen) atoms. The highest BCUT2D eigenvalue weighted by molar-refractivity contribution is 9.09. The van der Waals surface area contributed by atoms with E-state index in [0.29, 0.717) is 12.7 Å². The van der Waals surface area contributed by atoms with E-state index in [1.165, 1.54) is 27.7 Å². The molecule has 0 aromatic rings. The third-order valence-corrected chi connectivity index (χ3v) is 16.5. The number of rotatable bonds is 23. The zero-order valence-electron chi connectivity index (χ0n) is 38.1. The third kappa shape index (κ3) is 26.4. The number of hydrogen-bond acceptors (Lipinski definition) is 19. The molecule has 0 aliphatic rings. The highest BCUT2D eigenvalue weighted by Gasteiger charge is 2.46. The summed E-state index contributed by atoms with van der Waals surface area (Å²) in [4.78, 5) is 55.7. The molecule has 0 amide bonds. The number of esters is 4. The van der Waals surface area contributed by atoms with Crippen LogP contribution in [0.1, 0.15) is 100 Å². The topological polar surface area (TPSA) is 291 Å². The maximum atomic E-state index is 11.6. The van der Waals surface area contributed by atoms with E-state index in [1.807, 2.05) is 6.08 Å². The number of nitrogens with zero attached hydrogens (tertiary/aromatic N) is 1. The lowest BCUT2D eigenvalue weighted by Crippen LogP contribution is -2.44. The maximum absolute atomic E-state index is 11.6. The summed E-state index contributed by atoms with van der Waals surface area (Å²) >= 11 is 3.24. The van der Waals surface area contributed by atoms with Gasteiger partial charge in [0, 0.05) is 43.0 Å². The van der Waals surface area contributed by atoms with Crippen LogP contribution in [0.4, 0.5) is 0 Å². The fourth-order valence-corrected chi connectivity index (χ4v) is 7.08. The van der Waals surface area contributed by atoms with Gasteiger partial charge in [-0.3, -0.25) is 19.2 Å². The van der Waals surface area contributed by atoms with Crippen LogP contribution in [-0.2, 0) is 82.3 Å². The van der Waals surface area contributed by atoms with Crippen molar-refractivity contribution >= 4 is 91.7 Å². The molecular formula is C38H70BrNO18S4. The van der Waals surface area contributed by atoms with E-state index in [-0.39, 0.29) is 58.5 Å². The molecule has 4 unspecified atom stereocenters. The van der Waals surface area contributed by atoms with Crippen LogP contribution in [0, 0.1) is 0 Å². The molecule has 0 radical (unpaired) electrons. The van der Waals surface area contributed by atoms with E-state index in [1.54, 1.807) is 33.8 Å². The summed E-state index contributed by atoms with van der Waals surface area (Å²) < 4.78 is 105. The summed E-state index contributed by atoms with van der Waals surface area (Å²) in [5, 5.41) is 11.0. The van der Waals surface area contributed by atoms with Gasteiger partial charge in [-0.15, -0.1) is 18.3 Å². The number of oxime groups is 1. The Balaban J connectivity index is -0.000000226. The van der Waals surface area contributed by atoms with Gasteiger partial charge in [0.05, 0.1) is 26.4 Å². The van der Waals surface area contributed by atoms with Crippen LogP contribution in [0.3, 0.4) is 0 Å². The quantitative estimate of drug-likeness (QED) is 0.0219. The lowest BCUT2D eigenvalue weighted by molar-refractivity contribution is -0.147. The van der Waals surface area contributed by atoms with Crippen LogP contribution in [0.25, 0.3) is 0 Å². The van der Waals surface area contributed by atoms with Gasteiger partial charge in [0.1, 0.15) is 6.29 Å². The largest absolute Gasteiger partial charge is 0.465 e. The van der Waals surface area contributed by atoms with Gasteiger partial charge in [0.15, 0.2) is 58.8 Å². The molecule has 0 spiro atoms. The van der Waals surface area contributed by atoms with E-state index < -0.39 is 82.7 Å². The number of alkyl halides is 1. The lowest BCUT2D eigenvalue weighted by atomic mass is 10.1. The molecule has 0 fully saturated rings. The molecule has 0 aromatic carbocycles. The molecule has 4 atom stereocenters. The van der Waals surface area contributed by atoms with Crippen molar-refractivity contribution in [3.05, 3.63) is 25.3 Å². The standard InChI is InChI=1S/C10H18O4S.C9H17NO5S.C9H16O5S.C6H12O4S.C4H7Br/c1-5-7-8-10(3,15(4,12)13)9(11)14-6-2;1-4-15-8(11)9(2,16(3,13)14)6-5-7-10-12;1-4-14-8(11)9(2,6-5-7-10)15(3,12)13;1-4-10-6(7)5(2)11(3,8)9;1-2-3-4-5/h5H,1,6-8H2,2-4H3;7,12H,4-6H2,1-3H3;7H,4-6H2,1-3H3;5H,4H2,1-3H3;2H,1,3-4H2/b;10-7+;;;. The smallest absolute Gasteiger partial charge is 0.327 e. The first kappa shape index (κ1) is 67.8.